The first-order chi connectivity index (χ1) is 7.68. The average Bonchev–Trinajstić information content (AvgIpc) is 2.29. The first-order valence-electron chi connectivity index (χ1n) is 6.32. The SMILES string of the molecule is CC1CCCN(C(=O)N2CCOCC2C)C1. The molecule has 0 aromatic rings. The summed E-state index contributed by atoms with van der Waals surface area (Å²) in [6.07, 6.45) is 2.40. The first kappa shape index (κ1) is 11.7. The van der Waals surface area contributed by atoms with Crippen LogP contribution in [-0.4, -0.2) is 54.7 Å². The molecule has 2 fully saturated rings. The van der Waals surface area contributed by atoms with Crippen molar-refractivity contribution in [3.05, 3.63) is 0 Å². The van der Waals surface area contributed by atoms with Crippen molar-refractivity contribution in [2.45, 2.75) is 32.7 Å². The summed E-state index contributed by atoms with van der Waals surface area (Å²) in [5.74, 6) is 0.647. The number of hydrogen-bond acceptors (Lipinski definition) is 2. The maximum atomic E-state index is 12.3. The molecule has 92 valence electrons. The van der Waals surface area contributed by atoms with Crippen LogP contribution in [0.3, 0.4) is 0 Å². The number of likely N-dealkylation sites (tertiary alicyclic amines) is 1. The highest BCUT2D eigenvalue weighted by Crippen LogP contribution is 2.18. The molecule has 0 N–H and O–H groups in total. The Bertz CT molecular complexity index is 257. The zero-order valence-corrected chi connectivity index (χ0v) is 10.3. The molecule has 2 unspecified atom stereocenters. The molecule has 2 aliphatic heterocycles. The summed E-state index contributed by atoms with van der Waals surface area (Å²) < 4.78 is 5.36. The highest BCUT2D eigenvalue weighted by molar-refractivity contribution is 5.75. The molecule has 2 amide bonds. The van der Waals surface area contributed by atoms with Crippen LogP contribution in [0.25, 0.3) is 0 Å². The molecule has 0 aromatic heterocycles. The maximum absolute atomic E-state index is 12.3. The average molecular weight is 226 g/mol. The van der Waals surface area contributed by atoms with Crippen molar-refractivity contribution in [2.75, 3.05) is 32.8 Å². The second-order valence-corrected chi connectivity index (χ2v) is 5.09. The maximum Gasteiger partial charge on any atom is 0.320 e. The van der Waals surface area contributed by atoms with Crippen LogP contribution in [0, 0.1) is 5.92 Å². The molecule has 2 heterocycles. The Labute approximate surface area is 97.5 Å². The fourth-order valence-corrected chi connectivity index (χ4v) is 2.56. The van der Waals surface area contributed by atoms with Crippen molar-refractivity contribution in [3.63, 3.8) is 0 Å². The van der Waals surface area contributed by atoms with E-state index in [4.69, 9.17) is 4.74 Å². The van der Waals surface area contributed by atoms with Crippen LogP contribution in [0.1, 0.15) is 26.7 Å². The van der Waals surface area contributed by atoms with E-state index >= 15 is 0 Å². The lowest BCUT2D eigenvalue weighted by Crippen LogP contribution is -2.54. The van der Waals surface area contributed by atoms with Crippen LogP contribution in [0.15, 0.2) is 0 Å². The van der Waals surface area contributed by atoms with Gasteiger partial charge in [0.25, 0.3) is 0 Å². The van der Waals surface area contributed by atoms with E-state index in [1.165, 1.54) is 6.42 Å². The molecule has 16 heavy (non-hydrogen) atoms. The lowest BCUT2D eigenvalue weighted by Gasteiger charge is -2.39. The van der Waals surface area contributed by atoms with E-state index in [2.05, 4.69) is 13.8 Å². The van der Waals surface area contributed by atoms with Gasteiger partial charge in [0.15, 0.2) is 0 Å². The van der Waals surface area contributed by atoms with Crippen molar-refractivity contribution < 1.29 is 9.53 Å². The zero-order valence-electron chi connectivity index (χ0n) is 10.3. The highest BCUT2D eigenvalue weighted by atomic mass is 16.5. The van der Waals surface area contributed by atoms with E-state index in [1.54, 1.807) is 0 Å². The van der Waals surface area contributed by atoms with Crippen molar-refractivity contribution in [1.82, 2.24) is 9.80 Å². The number of urea groups is 1. The fraction of sp³-hybridized carbons (Fsp3) is 0.917. The van der Waals surface area contributed by atoms with Crippen molar-refractivity contribution >= 4 is 6.03 Å². The van der Waals surface area contributed by atoms with E-state index < -0.39 is 0 Å². The number of rotatable bonds is 0. The van der Waals surface area contributed by atoms with Gasteiger partial charge in [0.1, 0.15) is 0 Å². The lowest BCUT2D eigenvalue weighted by molar-refractivity contribution is 0.00765. The number of piperidine rings is 1. The van der Waals surface area contributed by atoms with Crippen LogP contribution in [-0.2, 0) is 4.74 Å². The van der Waals surface area contributed by atoms with Gasteiger partial charge in [-0.25, -0.2) is 4.79 Å². The van der Waals surface area contributed by atoms with Gasteiger partial charge in [-0.05, 0) is 25.7 Å². The predicted molar refractivity (Wildman–Crippen MR) is 62.4 cm³/mol. The van der Waals surface area contributed by atoms with Gasteiger partial charge in [-0.3, -0.25) is 0 Å². The number of hydrogen-bond donors (Lipinski definition) is 0. The summed E-state index contributed by atoms with van der Waals surface area (Å²) in [6, 6.07) is 0.431. The van der Waals surface area contributed by atoms with E-state index in [1.807, 2.05) is 9.80 Å². The molecule has 0 aliphatic carbocycles. The number of morpholine rings is 1. The molecule has 0 radical (unpaired) electrons. The summed E-state index contributed by atoms with van der Waals surface area (Å²) >= 11 is 0. The highest BCUT2D eigenvalue weighted by Gasteiger charge is 2.29. The molecule has 0 bridgehead atoms. The van der Waals surface area contributed by atoms with Crippen LogP contribution in [0.5, 0.6) is 0 Å². The lowest BCUT2D eigenvalue weighted by atomic mass is 10.0. The van der Waals surface area contributed by atoms with E-state index in [0.29, 0.717) is 19.1 Å². The minimum absolute atomic E-state index is 0.211. The largest absolute Gasteiger partial charge is 0.377 e. The van der Waals surface area contributed by atoms with Gasteiger partial charge in [0.05, 0.1) is 19.3 Å². The third kappa shape index (κ3) is 2.48. The second-order valence-electron chi connectivity index (χ2n) is 5.09. The number of carbonyl (C=O) groups is 1. The van der Waals surface area contributed by atoms with E-state index in [0.717, 1.165) is 26.1 Å². The van der Waals surface area contributed by atoms with Crippen molar-refractivity contribution in [2.24, 2.45) is 5.92 Å². The molecular formula is C12H22N2O2. The summed E-state index contributed by atoms with van der Waals surface area (Å²) in [7, 11) is 0. The van der Waals surface area contributed by atoms with Crippen molar-refractivity contribution in [1.29, 1.82) is 0 Å². The van der Waals surface area contributed by atoms with Gasteiger partial charge in [-0.2, -0.15) is 0 Å². The van der Waals surface area contributed by atoms with Crippen LogP contribution < -0.4 is 0 Å². The molecule has 4 nitrogen and oxygen atoms in total. The molecule has 0 aromatic carbocycles. The third-order valence-electron chi connectivity index (χ3n) is 3.54. The molecule has 0 saturated carbocycles. The molecule has 2 saturated heterocycles. The monoisotopic (exact) mass is 226 g/mol. The molecule has 2 aliphatic rings. The van der Waals surface area contributed by atoms with Gasteiger partial charge in [0.2, 0.25) is 0 Å². The number of amides is 2. The number of ether oxygens (including phenoxy) is 1. The number of carbonyl (C=O) groups excluding carboxylic acids is 1. The summed E-state index contributed by atoms with van der Waals surface area (Å²) in [5, 5.41) is 0. The normalized spacial score (nSPS) is 31.6. The van der Waals surface area contributed by atoms with Gasteiger partial charge in [-0.15, -0.1) is 0 Å². The predicted octanol–water partition coefficient (Wildman–Crippen LogP) is 1.56. The molecular weight excluding hydrogens is 204 g/mol. The van der Waals surface area contributed by atoms with Gasteiger partial charge < -0.3 is 14.5 Å². The van der Waals surface area contributed by atoms with Gasteiger partial charge >= 0.3 is 6.03 Å². The Kier molecular flexibility index (Phi) is 3.69. The Morgan fingerprint density at radius 2 is 2.12 bits per heavy atom. The van der Waals surface area contributed by atoms with E-state index in [-0.39, 0.29) is 12.1 Å². The molecule has 2 atom stereocenters. The zero-order chi connectivity index (χ0) is 11.5. The minimum atomic E-state index is 0.211. The van der Waals surface area contributed by atoms with Crippen LogP contribution in [0.4, 0.5) is 4.79 Å². The summed E-state index contributed by atoms with van der Waals surface area (Å²) in [6.45, 7) is 8.22. The van der Waals surface area contributed by atoms with E-state index in [9.17, 15) is 4.79 Å². The molecule has 2 rings (SSSR count). The standard InChI is InChI=1S/C12H22N2O2/c1-10-4-3-5-13(8-10)12(15)14-6-7-16-9-11(14)2/h10-11H,3-9H2,1-2H3. The number of nitrogens with zero attached hydrogens (tertiary/aromatic N) is 2. The van der Waals surface area contributed by atoms with Crippen molar-refractivity contribution in [3.8, 4) is 0 Å². The smallest absolute Gasteiger partial charge is 0.320 e. The fourth-order valence-electron chi connectivity index (χ4n) is 2.56. The Morgan fingerprint density at radius 3 is 2.81 bits per heavy atom. The third-order valence-corrected chi connectivity index (χ3v) is 3.54. The van der Waals surface area contributed by atoms with Gasteiger partial charge in [0, 0.05) is 19.6 Å². The Hall–Kier alpha value is -0.770. The molecule has 0 spiro atoms. The molecule has 4 heteroatoms. The van der Waals surface area contributed by atoms with Crippen LogP contribution in [0.2, 0.25) is 0 Å². The topological polar surface area (TPSA) is 32.8 Å². The quantitative estimate of drug-likeness (QED) is 0.628. The van der Waals surface area contributed by atoms with Gasteiger partial charge in [-0.1, -0.05) is 6.92 Å². The Morgan fingerprint density at radius 1 is 1.31 bits per heavy atom. The second kappa shape index (κ2) is 5.04. The summed E-state index contributed by atoms with van der Waals surface area (Å²) in [5.41, 5.74) is 0. The first-order valence-corrected chi connectivity index (χ1v) is 6.32. The minimum Gasteiger partial charge on any atom is -0.377 e. The Balaban J connectivity index is 1.94. The van der Waals surface area contributed by atoms with Crippen LogP contribution >= 0.6 is 0 Å². The summed E-state index contributed by atoms with van der Waals surface area (Å²) in [4.78, 5) is 16.3.